The smallest absolute Gasteiger partial charge is 0.360 e. The molecule has 0 saturated carbocycles. The van der Waals surface area contributed by atoms with E-state index in [1.165, 1.54) is 13.3 Å². The lowest BCUT2D eigenvalue weighted by Gasteiger charge is -2.06. The Labute approximate surface area is 172 Å². The molecule has 0 fully saturated rings. The summed E-state index contributed by atoms with van der Waals surface area (Å²) < 4.78 is 7.92. The number of fused-ring (bicyclic) bond motifs is 1. The van der Waals surface area contributed by atoms with Gasteiger partial charge in [0, 0.05) is 24.5 Å². The summed E-state index contributed by atoms with van der Waals surface area (Å²) >= 11 is 0. The second kappa shape index (κ2) is 7.78. The molecule has 1 amide bonds. The average molecular weight is 404 g/mol. The molecule has 9 heteroatoms. The van der Waals surface area contributed by atoms with Gasteiger partial charge >= 0.3 is 5.97 Å². The van der Waals surface area contributed by atoms with Gasteiger partial charge in [0.05, 0.1) is 24.7 Å². The Bertz CT molecular complexity index is 1240. The first-order chi connectivity index (χ1) is 14.5. The summed E-state index contributed by atoms with van der Waals surface area (Å²) in [5.41, 5.74) is 3.92. The van der Waals surface area contributed by atoms with E-state index in [0.29, 0.717) is 12.2 Å². The summed E-state index contributed by atoms with van der Waals surface area (Å²) in [4.78, 5) is 29.3. The minimum Gasteiger partial charge on any atom is -0.464 e. The SMILES string of the molecule is CCn1cc(NC(=O)c2cnn3c(-c4ccc(C)cc4)ccnc23)c(C(=O)OC)n1. The molecule has 4 aromatic rings. The highest BCUT2D eigenvalue weighted by molar-refractivity contribution is 6.10. The summed E-state index contributed by atoms with van der Waals surface area (Å²) in [5, 5.41) is 11.2. The van der Waals surface area contributed by atoms with E-state index in [0.717, 1.165) is 16.8 Å². The maximum atomic E-state index is 12.9. The zero-order valence-electron chi connectivity index (χ0n) is 16.8. The van der Waals surface area contributed by atoms with Crippen LogP contribution in [0.1, 0.15) is 33.3 Å². The number of amides is 1. The molecule has 1 aromatic carbocycles. The van der Waals surface area contributed by atoms with E-state index >= 15 is 0 Å². The van der Waals surface area contributed by atoms with Crippen molar-refractivity contribution in [1.29, 1.82) is 0 Å². The van der Waals surface area contributed by atoms with Crippen molar-refractivity contribution in [3.05, 3.63) is 65.7 Å². The number of hydrogen-bond donors (Lipinski definition) is 1. The Kier molecular flexibility index (Phi) is 5.01. The molecular weight excluding hydrogens is 384 g/mol. The van der Waals surface area contributed by atoms with Crippen molar-refractivity contribution < 1.29 is 14.3 Å². The zero-order chi connectivity index (χ0) is 21.3. The highest BCUT2D eigenvalue weighted by Gasteiger charge is 2.22. The molecule has 0 radical (unpaired) electrons. The summed E-state index contributed by atoms with van der Waals surface area (Å²) in [7, 11) is 1.26. The summed E-state index contributed by atoms with van der Waals surface area (Å²) in [6, 6.07) is 9.85. The second-order valence-corrected chi connectivity index (χ2v) is 6.68. The molecule has 152 valence electrons. The topological polar surface area (TPSA) is 103 Å². The third kappa shape index (κ3) is 3.41. The van der Waals surface area contributed by atoms with E-state index in [-0.39, 0.29) is 16.9 Å². The summed E-state index contributed by atoms with van der Waals surface area (Å²) in [6.45, 7) is 4.44. The Morgan fingerprint density at radius 3 is 2.63 bits per heavy atom. The molecule has 0 aliphatic rings. The van der Waals surface area contributed by atoms with Gasteiger partial charge in [-0.3, -0.25) is 9.48 Å². The van der Waals surface area contributed by atoms with Gasteiger partial charge < -0.3 is 10.1 Å². The quantitative estimate of drug-likeness (QED) is 0.513. The average Bonchev–Trinajstić information content (AvgIpc) is 3.37. The molecule has 3 heterocycles. The van der Waals surface area contributed by atoms with Crippen LogP contribution in [0.2, 0.25) is 0 Å². The number of anilines is 1. The first-order valence-corrected chi connectivity index (χ1v) is 9.38. The van der Waals surface area contributed by atoms with E-state index in [1.807, 2.05) is 44.2 Å². The zero-order valence-corrected chi connectivity index (χ0v) is 16.8. The molecular formula is C21H20N6O3. The van der Waals surface area contributed by atoms with Crippen molar-refractivity contribution >= 4 is 23.2 Å². The highest BCUT2D eigenvalue weighted by Crippen LogP contribution is 2.23. The lowest BCUT2D eigenvalue weighted by Crippen LogP contribution is -2.15. The van der Waals surface area contributed by atoms with Gasteiger partial charge in [0.1, 0.15) is 5.56 Å². The van der Waals surface area contributed by atoms with Crippen LogP contribution >= 0.6 is 0 Å². The second-order valence-electron chi connectivity index (χ2n) is 6.68. The number of carbonyl (C=O) groups excluding carboxylic acids is 2. The monoisotopic (exact) mass is 404 g/mol. The molecule has 0 atom stereocenters. The first-order valence-electron chi connectivity index (χ1n) is 9.38. The van der Waals surface area contributed by atoms with Crippen LogP contribution in [0.15, 0.2) is 48.9 Å². The van der Waals surface area contributed by atoms with E-state index in [1.54, 1.807) is 21.6 Å². The van der Waals surface area contributed by atoms with Gasteiger partial charge in [-0.25, -0.2) is 14.3 Å². The van der Waals surface area contributed by atoms with Gasteiger partial charge in [0.25, 0.3) is 5.91 Å². The molecule has 3 aromatic heterocycles. The van der Waals surface area contributed by atoms with Crippen LogP contribution in [0, 0.1) is 6.92 Å². The number of methoxy groups -OCH3 is 1. The summed E-state index contributed by atoms with van der Waals surface area (Å²) in [5.74, 6) is -1.07. The van der Waals surface area contributed by atoms with Crippen LogP contribution in [0.25, 0.3) is 16.9 Å². The van der Waals surface area contributed by atoms with Gasteiger partial charge in [0.15, 0.2) is 11.3 Å². The molecule has 30 heavy (non-hydrogen) atoms. The maximum Gasteiger partial charge on any atom is 0.360 e. The first kappa shape index (κ1) is 19.3. The number of benzene rings is 1. The molecule has 1 N–H and O–H groups in total. The lowest BCUT2D eigenvalue weighted by molar-refractivity contribution is 0.0594. The minimum atomic E-state index is -0.628. The normalized spacial score (nSPS) is 10.9. The molecule has 0 spiro atoms. The molecule has 9 nitrogen and oxygen atoms in total. The summed E-state index contributed by atoms with van der Waals surface area (Å²) in [6.07, 6.45) is 4.68. The third-order valence-electron chi connectivity index (χ3n) is 4.71. The van der Waals surface area contributed by atoms with Gasteiger partial charge in [0.2, 0.25) is 0 Å². The van der Waals surface area contributed by atoms with Crippen molar-refractivity contribution in [2.24, 2.45) is 0 Å². The van der Waals surface area contributed by atoms with Crippen LogP contribution in [-0.2, 0) is 11.3 Å². The molecule has 0 unspecified atom stereocenters. The van der Waals surface area contributed by atoms with Crippen molar-refractivity contribution in [3.63, 3.8) is 0 Å². The number of aromatic nitrogens is 5. The molecule has 0 bridgehead atoms. The van der Waals surface area contributed by atoms with E-state index < -0.39 is 11.9 Å². The van der Waals surface area contributed by atoms with Crippen molar-refractivity contribution in [2.75, 3.05) is 12.4 Å². The Morgan fingerprint density at radius 1 is 1.17 bits per heavy atom. The number of carbonyl (C=O) groups is 2. The van der Waals surface area contributed by atoms with Crippen LogP contribution in [0.3, 0.4) is 0 Å². The fraction of sp³-hybridized carbons (Fsp3) is 0.190. The third-order valence-corrected chi connectivity index (χ3v) is 4.71. The van der Waals surface area contributed by atoms with E-state index in [4.69, 9.17) is 4.74 Å². The number of nitrogens with zero attached hydrogens (tertiary/aromatic N) is 5. The maximum absolute atomic E-state index is 12.9. The standard InChI is InChI=1S/C21H20N6O3/c1-4-26-12-16(18(25-26)21(29)30-3)24-20(28)15-11-23-27-17(9-10-22-19(15)27)14-7-5-13(2)6-8-14/h5-12H,4H2,1-3H3,(H,24,28). The van der Waals surface area contributed by atoms with Gasteiger partial charge in [-0.05, 0) is 19.9 Å². The van der Waals surface area contributed by atoms with Crippen LogP contribution in [-0.4, -0.2) is 43.4 Å². The number of ether oxygens (including phenoxy) is 1. The molecule has 0 aliphatic heterocycles. The largest absolute Gasteiger partial charge is 0.464 e. The lowest BCUT2D eigenvalue weighted by atomic mass is 10.1. The Hall–Kier alpha value is -4.01. The number of aryl methyl sites for hydroxylation is 2. The highest BCUT2D eigenvalue weighted by atomic mass is 16.5. The Morgan fingerprint density at radius 2 is 1.93 bits per heavy atom. The number of nitrogens with one attached hydrogen (secondary N) is 1. The Balaban J connectivity index is 1.70. The molecule has 0 aliphatic carbocycles. The van der Waals surface area contributed by atoms with Crippen LogP contribution in [0.4, 0.5) is 5.69 Å². The molecule has 0 saturated heterocycles. The van der Waals surface area contributed by atoms with Crippen molar-refractivity contribution in [2.45, 2.75) is 20.4 Å². The number of rotatable bonds is 5. The number of esters is 1. The van der Waals surface area contributed by atoms with Crippen LogP contribution in [0.5, 0.6) is 0 Å². The van der Waals surface area contributed by atoms with Gasteiger partial charge in [-0.1, -0.05) is 29.8 Å². The van der Waals surface area contributed by atoms with Crippen LogP contribution < -0.4 is 5.32 Å². The van der Waals surface area contributed by atoms with E-state index in [9.17, 15) is 9.59 Å². The fourth-order valence-corrected chi connectivity index (χ4v) is 3.11. The van der Waals surface area contributed by atoms with Gasteiger partial charge in [-0.2, -0.15) is 10.2 Å². The molecule has 4 rings (SSSR count). The minimum absolute atomic E-state index is 0.0393. The van der Waals surface area contributed by atoms with Crippen molar-refractivity contribution in [3.8, 4) is 11.3 Å². The van der Waals surface area contributed by atoms with Crippen molar-refractivity contribution in [1.82, 2.24) is 24.4 Å². The fourth-order valence-electron chi connectivity index (χ4n) is 3.11. The predicted molar refractivity (Wildman–Crippen MR) is 110 cm³/mol. The van der Waals surface area contributed by atoms with E-state index in [2.05, 4.69) is 20.5 Å². The number of hydrogen-bond acceptors (Lipinski definition) is 6. The van der Waals surface area contributed by atoms with Gasteiger partial charge in [-0.15, -0.1) is 0 Å². The predicted octanol–water partition coefficient (Wildman–Crippen LogP) is 2.96.